The number of hydrogen-bond donors (Lipinski definition) is 1. The number of H-pyrrole nitrogens is 1. The van der Waals surface area contributed by atoms with Crippen molar-refractivity contribution in [3.8, 4) is 0 Å². The molecule has 1 aromatic carbocycles. The molecule has 3 atom stereocenters. The largest absolute Gasteiger partial charge is 0.338 e. The number of imidazole rings is 1. The van der Waals surface area contributed by atoms with Crippen molar-refractivity contribution in [1.82, 2.24) is 29.5 Å². The highest BCUT2D eigenvalue weighted by Gasteiger charge is 2.49. The van der Waals surface area contributed by atoms with Gasteiger partial charge in [-0.1, -0.05) is 30.3 Å². The number of amides is 1. The van der Waals surface area contributed by atoms with Gasteiger partial charge in [0.15, 0.2) is 0 Å². The third-order valence-corrected chi connectivity index (χ3v) is 6.50. The molecule has 2 aliphatic heterocycles. The molecule has 2 aromatic heterocycles. The van der Waals surface area contributed by atoms with Gasteiger partial charge in [-0.25, -0.2) is 4.98 Å². The summed E-state index contributed by atoms with van der Waals surface area (Å²) in [5.74, 6) is 1.80. The highest BCUT2D eigenvalue weighted by atomic mass is 16.2. The number of likely N-dealkylation sites (tertiary alicyclic amines) is 2. The summed E-state index contributed by atoms with van der Waals surface area (Å²) in [6.45, 7) is 6.79. The number of carbonyl (C=O) groups excluding carboxylic acids is 1. The van der Waals surface area contributed by atoms with E-state index in [-0.39, 0.29) is 11.9 Å². The minimum absolute atomic E-state index is 0.0593. The Morgan fingerprint density at radius 3 is 2.73 bits per heavy atom. The van der Waals surface area contributed by atoms with Crippen LogP contribution in [0.4, 0.5) is 0 Å². The van der Waals surface area contributed by atoms with Crippen LogP contribution in [0.15, 0.2) is 55.0 Å². The predicted molar refractivity (Wildman–Crippen MR) is 114 cm³/mol. The Morgan fingerprint density at radius 2 is 2.00 bits per heavy atom. The molecule has 0 aliphatic carbocycles. The van der Waals surface area contributed by atoms with Gasteiger partial charge in [0.1, 0.15) is 11.5 Å². The highest BCUT2D eigenvalue weighted by Crippen LogP contribution is 2.45. The average molecular weight is 405 g/mol. The van der Waals surface area contributed by atoms with Crippen LogP contribution in [0.5, 0.6) is 0 Å². The van der Waals surface area contributed by atoms with Gasteiger partial charge < -0.3 is 14.8 Å². The Hall–Kier alpha value is -2.93. The molecule has 5 rings (SSSR count). The second-order valence-electron chi connectivity index (χ2n) is 8.50. The molecule has 7 heteroatoms. The summed E-state index contributed by atoms with van der Waals surface area (Å²) in [6, 6.07) is 12.6. The second-order valence-corrected chi connectivity index (χ2v) is 8.50. The van der Waals surface area contributed by atoms with Gasteiger partial charge in [0, 0.05) is 44.5 Å². The monoisotopic (exact) mass is 404 g/mol. The zero-order valence-electron chi connectivity index (χ0n) is 17.3. The van der Waals surface area contributed by atoms with E-state index < -0.39 is 0 Å². The number of nitrogens with zero attached hydrogens (tertiary/aromatic N) is 5. The van der Waals surface area contributed by atoms with Gasteiger partial charge in [0.2, 0.25) is 0 Å². The fourth-order valence-electron chi connectivity index (χ4n) is 5.18. The van der Waals surface area contributed by atoms with Gasteiger partial charge in [-0.05, 0) is 37.4 Å². The average Bonchev–Trinajstić information content (AvgIpc) is 3.52. The van der Waals surface area contributed by atoms with Crippen molar-refractivity contribution in [2.24, 2.45) is 11.8 Å². The van der Waals surface area contributed by atoms with E-state index in [9.17, 15) is 4.79 Å². The smallest absolute Gasteiger partial charge is 0.272 e. The Bertz CT molecular complexity index is 982. The molecule has 3 aromatic rings. The third kappa shape index (κ3) is 3.65. The van der Waals surface area contributed by atoms with Crippen LogP contribution >= 0.6 is 0 Å². The quantitative estimate of drug-likeness (QED) is 0.686. The van der Waals surface area contributed by atoms with Crippen molar-refractivity contribution >= 4 is 5.91 Å². The van der Waals surface area contributed by atoms with Crippen molar-refractivity contribution in [1.29, 1.82) is 0 Å². The van der Waals surface area contributed by atoms with Gasteiger partial charge in [-0.15, -0.1) is 0 Å². The van der Waals surface area contributed by atoms with Crippen LogP contribution in [-0.4, -0.2) is 61.6 Å². The molecule has 0 saturated carbocycles. The molecule has 30 heavy (non-hydrogen) atoms. The maximum absolute atomic E-state index is 13.3. The van der Waals surface area contributed by atoms with Gasteiger partial charge >= 0.3 is 0 Å². The number of nitrogens with one attached hydrogen (secondary N) is 1. The van der Waals surface area contributed by atoms with E-state index in [1.54, 1.807) is 6.20 Å². The molecule has 7 nitrogen and oxygen atoms in total. The van der Waals surface area contributed by atoms with Crippen LogP contribution in [0.3, 0.4) is 0 Å². The predicted octanol–water partition coefficient (Wildman–Crippen LogP) is 2.75. The molecule has 0 radical (unpaired) electrons. The van der Waals surface area contributed by atoms with Gasteiger partial charge in [-0.3, -0.25) is 9.48 Å². The van der Waals surface area contributed by atoms with E-state index in [0.717, 1.165) is 45.0 Å². The zero-order valence-corrected chi connectivity index (χ0v) is 17.3. The van der Waals surface area contributed by atoms with Crippen LogP contribution in [0.1, 0.15) is 34.3 Å². The minimum Gasteiger partial charge on any atom is -0.338 e. The first-order valence-electron chi connectivity index (χ1n) is 10.8. The Kier molecular flexibility index (Phi) is 5.12. The molecule has 0 bridgehead atoms. The van der Waals surface area contributed by atoms with E-state index >= 15 is 0 Å². The molecule has 0 spiro atoms. The molecule has 4 heterocycles. The summed E-state index contributed by atoms with van der Waals surface area (Å²) in [4.78, 5) is 25.3. The van der Waals surface area contributed by atoms with E-state index in [1.165, 1.54) is 5.56 Å². The number of hydrogen-bond acceptors (Lipinski definition) is 4. The van der Waals surface area contributed by atoms with E-state index in [2.05, 4.69) is 49.1 Å². The molecule has 1 N–H and O–H groups in total. The van der Waals surface area contributed by atoms with Crippen molar-refractivity contribution in [3.05, 3.63) is 72.1 Å². The topological polar surface area (TPSA) is 70.1 Å². The Balaban J connectivity index is 1.31. The Morgan fingerprint density at radius 1 is 1.13 bits per heavy atom. The van der Waals surface area contributed by atoms with Gasteiger partial charge in [-0.2, -0.15) is 5.10 Å². The summed E-state index contributed by atoms with van der Waals surface area (Å²) in [5, 5.41) is 4.30. The van der Waals surface area contributed by atoms with Crippen LogP contribution in [0, 0.1) is 18.8 Å². The van der Waals surface area contributed by atoms with Crippen LogP contribution in [0.25, 0.3) is 0 Å². The first kappa shape index (κ1) is 19.1. The molecule has 2 aliphatic rings. The fraction of sp³-hybridized carbons (Fsp3) is 0.435. The summed E-state index contributed by atoms with van der Waals surface area (Å²) in [5.41, 5.74) is 1.82. The number of carbonyl (C=O) groups is 1. The molecule has 156 valence electrons. The number of benzene rings is 1. The molecular formula is C23H28N6O. The summed E-state index contributed by atoms with van der Waals surface area (Å²) < 4.78 is 2.00. The number of aryl methyl sites for hydroxylation is 2. The minimum atomic E-state index is 0.0593. The summed E-state index contributed by atoms with van der Waals surface area (Å²) >= 11 is 0. The summed E-state index contributed by atoms with van der Waals surface area (Å²) in [7, 11) is 0. The van der Waals surface area contributed by atoms with Crippen molar-refractivity contribution in [3.63, 3.8) is 0 Å². The van der Waals surface area contributed by atoms with E-state index in [4.69, 9.17) is 0 Å². The molecule has 1 amide bonds. The normalized spacial score (nSPS) is 23.8. The molecule has 2 saturated heterocycles. The fourth-order valence-corrected chi connectivity index (χ4v) is 5.18. The number of aromatic amines is 1. The molecule has 0 unspecified atom stereocenters. The van der Waals surface area contributed by atoms with Crippen molar-refractivity contribution < 1.29 is 4.79 Å². The lowest BCUT2D eigenvalue weighted by Gasteiger charge is -2.29. The lowest BCUT2D eigenvalue weighted by Crippen LogP contribution is -2.36. The second kappa shape index (κ2) is 8.07. The van der Waals surface area contributed by atoms with Crippen LogP contribution < -0.4 is 0 Å². The van der Waals surface area contributed by atoms with Crippen LogP contribution in [0.2, 0.25) is 0 Å². The van der Waals surface area contributed by atoms with Crippen molar-refractivity contribution in [2.75, 3.05) is 26.2 Å². The van der Waals surface area contributed by atoms with Crippen LogP contribution in [-0.2, 0) is 6.54 Å². The standard InChI is InChI=1S/C23H28N6O/c1-17-24-13-21(26-17)23(30)29-15-19-14-27(10-6-12-28-11-5-9-25-28)16-20(19)22(29)18-7-3-2-4-8-18/h2-5,7-9,11,13,19-20,22H,6,10,12,14-16H2,1H3,(H,24,26)/t19-,20-,22+/m0/s1. The molecular weight excluding hydrogens is 376 g/mol. The number of rotatable bonds is 6. The number of aromatic nitrogens is 4. The SMILES string of the molecule is Cc1ncc(C(=O)N2C[C@@H]3CN(CCCn4cccn4)C[C@@H]3[C@H]2c2ccccc2)[nH]1. The first-order chi connectivity index (χ1) is 14.7. The van der Waals surface area contributed by atoms with Gasteiger partial charge in [0.25, 0.3) is 5.91 Å². The van der Waals surface area contributed by atoms with E-state index in [0.29, 0.717) is 17.5 Å². The maximum atomic E-state index is 13.3. The maximum Gasteiger partial charge on any atom is 0.272 e. The van der Waals surface area contributed by atoms with Gasteiger partial charge in [0.05, 0.1) is 12.2 Å². The lowest BCUT2D eigenvalue weighted by molar-refractivity contribution is 0.0695. The third-order valence-electron chi connectivity index (χ3n) is 6.50. The number of fused-ring (bicyclic) bond motifs is 1. The first-order valence-corrected chi connectivity index (χ1v) is 10.8. The molecule has 2 fully saturated rings. The Labute approximate surface area is 176 Å². The van der Waals surface area contributed by atoms with E-state index in [1.807, 2.05) is 36.1 Å². The lowest BCUT2D eigenvalue weighted by atomic mass is 9.89. The van der Waals surface area contributed by atoms with Crippen molar-refractivity contribution in [2.45, 2.75) is 25.9 Å². The zero-order chi connectivity index (χ0) is 20.5. The highest BCUT2D eigenvalue weighted by molar-refractivity contribution is 5.92. The summed E-state index contributed by atoms with van der Waals surface area (Å²) in [6.07, 6.45) is 6.60.